The summed E-state index contributed by atoms with van der Waals surface area (Å²) >= 11 is 0. The molecule has 0 amide bonds. The molecular formula is C12H20N5OP. The highest BCUT2D eigenvalue weighted by atomic mass is 31.2. The first-order valence-electron chi connectivity index (χ1n) is 6.20. The van der Waals surface area contributed by atoms with Crippen molar-refractivity contribution in [2.75, 3.05) is 34.2 Å². The normalized spacial score (nSPS) is 23.5. The SMILES string of the molecule is CNCCN(C)P1(=O)N=C(c2ccccc2)NN1C. The monoisotopic (exact) mass is 281 g/mol. The molecule has 1 aromatic carbocycles. The zero-order valence-electron chi connectivity index (χ0n) is 11.5. The van der Waals surface area contributed by atoms with Crippen LogP contribution in [0.4, 0.5) is 0 Å². The second-order valence-electron chi connectivity index (χ2n) is 4.45. The van der Waals surface area contributed by atoms with Crippen molar-refractivity contribution in [3.05, 3.63) is 35.9 Å². The van der Waals surface area contributed by atoms with Gasteiger partial charge < -0.3 is 5.32 Å². The van der Waals surface area contributed by atoms with E-state index in [0.717, 1.165) is 12.1 Å². The molecule has 1 unspecified atom stereocenters. The van der Waals surface area contributed by atoms with Crippen LogP contribution in [-0.2, 0) is 4.57 Å². The molecule has 0 saturated carbocycles. The van der Waals surface area contributed by atoms with E-state index in [0.29, 0.717) is 12.4 Å². The number of benzene rings is 1. The fourth-order valence-electron chi connectivity index (χ4n) is 1.87. The Labute approximate surface area is 114 Å². The van der Waals surface area contributed by atoms with Crippen molar-refractivity contribution in [2.45, 2.75) is 0 Å². The summed E-state index contributed by atoms with van der Waals surface area (Å²) in [5, 5.41) is 3.05. The number of hydrazine groups is 1. The van der Waals surface area contributed by atoms with Gasteiger partial charge in [0, 0.05) is 25.7 Å². The molecule has 1 aliphatic rings. The van der Waals surface area contributed by atoms with Gasteiger partial charge in [0.2, 0.25) is 0 Å². The predicted octanol–water partition coefficient (Wildman–Crippen LogP) is 1.14. The second-order valence-corrected chi connectivity index (χ2v) is 6.96. The molecule has 1 aromatic rings. The maximum atomic E-state index is 12.9. The number of nitrogens with zero attached hydrogens (tertiary/aromatic N) is 3. The predicted molar refractivity (Wildman–Crippen MR) is 78.0 cm³/mol. The minimum atomic E-state index is -2.90. The summed E-state index contributed by atoms with van der Waals surface area (Å²) in [4.78, 5) is 0. The number of hydrogen-bond acceptors (Lipinski definition) is 3. The summed E-state index contributed by atoms with van der Waals surface area (Å²) in [5.41, 5.74) is 4.02. The number of nitrogens with one attached hydrogen (secondary N) is 2. The molecule has 0 saturated heterocycles. The van der Waals surface area contributed by atoms with Crippen LogP contribution in [0.5, 0.6) is 0 Å². The second kappa shape index (κ2) is 5.84. The fourth-order valence-corrected chi connectivity index (χ4v) is 3.62. The van der Waals surface area contributed by atoms with Gasteiger partial charge in [0.25, 0.3) is 0 Å². The summed E-state index contributed by atoms with van der Waals surface area (Å²) in [5.74, 6) is 0.655. The van der Waals surface area contributed by atoms with Crippen LogP contribution in [0.2, 0.25) is 0 Å². The van der Waals surface area contributed by atoms with Gasteiger partial charge in [-0.25, -0.2) is 4.67 Å². The third kappa shape index (κ3) is 2.87. The average molecular weight is 281 g/mol. The number of hydrogen-bond donors (Lipinski definition) is 2. The summed E-state index contributed by atoms with van der Waals surface area (Å²) in [6.07, 6.45) is 0. The molecule has 0 aromatic heterocycles. The van der Waals surface area contributed by atoms with Crippen molar-refractivity contribution < 1.29 is 4.57 Å². The van der Waals surface area contributed by atoms with E-state index in [2.05, 4.69) is 15.5 Å². The summed E-state index contributed by atoms with van der Waals surface area (Å²) < 4.78 is 20.7. The molecule has 1 atom stereocenters. The van der Waals surface area contributed by atoms with Crippen molar-refractivity contribution in [1.82, 2.24) is 20.2 Å². The maximum Gasteiger partial charge on any atom is 0.348 e. The Balaban J connectivity index is 2.22. The van der Waals surface area contributed by atoms with Gasteiger partial charge in [-0.3, -0.25) is 9.99 Å². The number of amidine groups is 1. The topological polar surface area (TPSA) is 60.0 Å². The molecule has 1 aliphatic heterocycles. The first-order valence-corrected chi connectivity index (χ1v) is 7.77. The lowest BCUT2D eigenvalue weighted by molar-refractivity contribution is 0.380. The molecule has 104 valence electrons. The van der Waals surface area contributed by atoms with E-state index >= 15 is 0 Å². The fraction of sp³-hybridized carbons (Fsp3) is 0.417. The zero-order valence-corrected chi connectivity index (χ0v) is 12.4. The van der Waals surface area contributed by atoms with E-state index in [1.807, 2.05) is 44.4 Å². The molecule has 0 bridgehead atoms. The number of likely N-dealkylation sites (N-methyl/N-ethyl adjacent to an activating group) is 2. The molecule has 6 nitrogen and oxygen atoms in total. The standard InChI is InChI=1S/C12H20N5OP/c1-13-9-10-16(2)19(18)15-12(14-17(19)3)11-7-5-4-6-8-11/h4-8,13H,9-10H2,1-3H3,(H,14,15,18). The van der Waals surface area contributed by atoms with Crippen molar-refractivity contribution in [3.63, 3.8) is 0 Å². The largest absolute Gasteiger partial charge is 0.348 e. The lowest BCUT2D eigenvalue weighted by Crippen LogP contribution is -2.35. The molecule has 19 heavy (non-hydrogen) atoms. The third-order valence-corrected chi connectivity index (χ3v) is 5.50. The minimum Gasteiger partial charge on any atom is -0.318 e. The average Bonchev–Trinajstić information content (AvgIpc) is 2.74. The molecule has 2 rings (SSSR count). The molecular weight excluding hydrogens is 261 g/mol. The maximum absolute atomic E-state index is 12.9. The third-order valence-electron chi connectivity index (χ3n) is 3.07. The molecule has 0 radical (unpaired) electrons. The van der Waals surface area contributed by atoms with Crippen molar-refractivity contribution >= 4 is 13.4 Å². The van der Waals surface area contributed by atoms with Gasteiger partial charge in [0.05, 0.1) is 0 Å². The Kier molecular flexibility index (Phi) is 4.37. The van der Waals surface area contributed by atoms with E-state index in [9.17, 15) is 4.57 Å². The van der Waals surface area contributed by atoms with Crippen LogP contribution in [-0.4, -0.2) is 49.5 Å². The van der Waals surface area contributed by atoms with Crippen LogP contribution >= 0.6 is 7.59 Å². The molecule has 7 heteroatoms. The van der Waals surface area contributed by atoms with Crippen LogP contribution in [0.1, 0.15) is 5.56 Å². The van der Waals surface area contributed by atoms with Gasteiger partial charge in [-0.15, -0.1) is 4.78 Å². The summed E-state index contributed by atoms with van der Waals surface area (Å²) in [7, 11) is 2.56. The molecule has 0 aliphatic carbocycles. The first kappa shape index (κ1) is 14.2. The Bertz CT molecular complexity index is 504. The van der Waals surface area contributed by atoms with Crippen LogP contribution in [0, 0.1) is 0 Å². The molecule has 2 N–H and O–H groups in total. The highest BCUT2D eigenvalue weighted by Crippen LogP contribution is 2.54. The molecule has 1 heterocycles. The van der Waals surface area contributed by atoms with Crippen LogP contribution < -0.4 is 10.7 Å². The van der Waals surface area contributed by atoms with Gasteiger partial charge in [-0.2, -0.15) is 4.76 Å². The number of rotatable bonds is 5. The first-order chi connectivity index (χ1) is 9.08. The van der Waals surface area contributed by atoms with Crippen molar-refractivity contribution in [2.24, 2.45) is 4.76 Å². The Morgan fingerprint density at radius 2 is 2.11 bits per heavy atom. The molecule has 0 spiro atoms. The lowest BCUT2D eigenvalue weighted by Gasteiger charge is -2.26. The van der Waals surface area contributed by atoms with Gasteiger partial charge in [-0.05, 0) is 14.1 Å². The smallest absolute Gasteiger partial charge is 0.318 e. The van der Waals surface area contributed by atoms with Gasteiger partial charge in [0.1, 0.15) is 0 Å². The van der Waals surface area contributed by atoms with E-state index in [4.69, 9.17) is 0 Å². The van der Waals surface area contributed by atoms with Crippen LogP contribution in [0.25, 0.3) is 0 Å². The summed E-state index contributed by atoms with van der Waals surface area (Å²) in [6.45, 7) is 1.44. The van der Waals surface area contributed by atoms with Crippen LogP contribution in [0.3, 0.4) is 0 Å². The summed E-state index contributed by atoms with van der Waals surface area (Å²) in [6, 6.07) is 9.72. The highest BCUT2D eigenvalue weighted by Gasteiger charge is 2.38. The van der Waals surface area contributed by atoms with Gasteiger partial charge in [-0.1, -0.05) is 30.3 Å². The highest BCUT2D eigenvalue weighted by molar-refractivity contribution is 7.58. The van der Waals surface area contributed by atoms with Gasteiger partial charge in [0.15, 0.2) is 5.84 Å². The van der Waals surface area contributed by atoms with E-state index in [-0.39, 0.29) is 0 Å². The zero-order chi connectivity index (χ0) is 13.9. The van der Waals surface area contributed by atoms with Crippen molar-refractivity contribution in [3.8, 4) is 0 Å². The van der Waals surface area contributed by atoms with Crippen molar-refractivity contribution in [1.29, 1.82) is 0 Å². The van der Waals surface area contributed by atoms with E-state index in [1.54, 1.807) is 16.5 Å². The minimum absolute atomic E-state index is 0.655. The van der Waals surface area contributed by atoms with E-state index < -0.39 is 7.59 Å². The van der Waals surface area contributed by atoms with E-state index in [1.165, 1.54) is 0 Å². The quantitative estimate of drug-likeness (QED) is 0.793. The van der Waals surface area contributed by atoms with Crippen LogP contribution in [0.15, 0.2) is 35.1 Å². The Morgan fingerprint density at radius 1 is 1.42 bits per heavy atom. The Hall–Kier alpha value is -1.20. The molecule has 0 fully saturated rings. The lowest BCUT2D eigenvalue weighted by atomic mass is 10.2. The van der Waals surface area contributed by atoms with Gasteiger partial charge >= 0.3 is 7.59 Å². The Morgan fingerprint density at radius 3 is 2.74 bits per heavy atom.